The van der Waals surface area contributed by atoms with Crippen LogP contribution in [-0.2, 0) is 13.6 Å². The highest BCUT2D eigenvalue weighted by Gasteiger charge is 2.16. The molecule has 0 N–H and O–H groups in total. The zero-order valence-electron chi connectivity index (χ0n) is 22.2. The summed E-state index contributed by atoms with van der Waals surface area (Å²) in [6.07, 6.45) is 0. The molecule has 2 aromatic heterocycles. The number of aryl methyl sites for hydroxylation is 1. The maximum Gasteiger partial charge on any atom is 0.0574 e. The van der Waals surface area contributed by atoms with E-state index in [9.17, 15) is 0 Å². The standard InChI is InChI=1S/C38H26N2/c1-39-34-13-7-6-12-31(34)37-32-20-24(14-15-26(32)17-19-35(37)39)23-40-36-22-28-10-3-2-9-27(28)21-33(36)30-18-16-25-8-4-5-11-29(25)38(30)40/h2-22H,23H2,1H3. The third kappa shape index (κ3) is 2.93. The molecule has 40 heavy (non-hydrogen) atoms. The Balaban J connectivity index is 1.35. The van der Waals surface area contributed by atoms with E-state index in [4.69, 9.17) is 0 Å². The Hall–Kier alpha value is -5.08. The fourth-order valence-corrected chi connectivity index (χ4v) is 7.02. The predicted octanol–water partition coefficient (Wildman–Crippen LogP) is 9.95. The maximum absolute atomic E-state index is 2.55. The number of aromatic nitrogens is 2. The summed E-state index contributed by atoms with van der Waals surface area (Å²) in [5.74, 6) is 0. The molecule has 0 amide bonds. The largest absolute Gasteiger partial charge is 0.344 e. The molecule has 0 atom stereocenters. The Labute approximate surface area is 231 Å². The van der Waals surface area contributed by atoms with Crippen LogP contribution in [0.2, 0.25) is 0 Å². The van der Waals surface area contributed by atoms with E-state index in [-0.39, 0.29) is 0 Å². The molecule has 0 spiro atoms. The van der Waals surface area contributed by atoms with Crippen molar-refractivity contribution in [2.45, 2.75) is 6.54 Å². The highest BCUT2D eigenvalue weighted by molar-refractivity contribution is 6.21. The first-order chi connectivity index (χ1) is 19.7. The van der Waals surface area contributed by atoms with Gasteiger partial charge in [0.2, 0.25) is 0 Å². The van der Waals surface area contributed by atoms with Gasteiger partial charge in [0.05, 0.1) is 11.0 Å². The average molecular weight is 511 g/mol. The van der Waals surface area contributed by atoms with Gasteiger partial charge in [-0.05, 0) is 62.8 Å². The molecule has 2 nitrogen and oxygen atoms in total. The van der Waals surface area contributed by atoms with Crippen molar-refractivity contribution in [3.05, 3.63) is 133 Å². The SMILES string of the molecule is Cn1c2ccccc2c2c3cc(Cn4c5cc6ccccc6cc5c5ccc6ccccc6c54)ccc3ccc21. The maximum atomic E-state index is 2.55. The number of rotatable bonds is 2. The first-order valence-corrected chi connectivity index (χ1v) is 14.0. The third-order valence-corrected chi connectivity index (χ3v) is 8.92. The van der Waals surface area contributed by atoms with Crippen LogP contribution in [0, 0.1) is 0 Å². The van der Waals surface area contributed by atoms with Gasteiger partial charge in [0, 0.05) is 51.6 Å². The molecule has 2 heterocycles. The molecule has 0 aliphatic heterocycles. The van der Waals surface area contributed by atoms with E-state index in [1.165, 1.54) is 81.5 Å². The molecule has 0 unspecified atom stereocenters. The van der Waals surface area contributed by atoms with Crippen LogP contribution in [0.1, 0.15) is 5.56 Å². The lowest BCUT2D eigenvalue weighted by Crippen LogP contribution is -2.00. The number of fused-ring (bicyclic) bond motifs is 11. The van der Waals surface area contributed by atoms with Crippen molar-refractivity contribution in [3.63, 3.8) is 0 Å². The van der Waals surface area contributed by atoms with Gasteiger partial charge >= 0.3 is 0 Å². The summed E-state index contributed by atoms with van der Waals surface area (Å²) in [4.78, 5) is 0. The number of nitrogens with zero attached hydrogens (tertiary/aromatic N) is 2. The van der Waals surface area contributed by atoms with E-state index in [0.717, 1.165) is 6.54 Å². The molecular weight excluding hydrogens is 484 g/mol. The quantitative estimate of drug-likeness (QED) is 0.219. The van der Waals surface area contributed by atoms with E-state index in [0.29, 0.717) is 0 Å². The second-order valence-corrected chi connectivity index (χ2v) is 11.1. The minimum Gasteiger partial charge on any atom is -0.344 e. The van der Waals surface area contributed by atoms with Gasteiger partial charge in [-0.1, -0.05) is 97.1 Å². The molecule has 0 radical (unpaired) electrons. The molecular formula is C38H26N2. The molecule has 0 saturated heterocycles. The van der Waals surface area contributed by atoms with Gasteiger partial charge in [-0.15, -0.1) is 0 Å². The Morgan fingerprint density at radius 1 is 0.450 bits per heavy atom. The summed E-state index contributed by atoms with van der Waals surface area (Å²) in [5.41, 5.74) is 6.46. The number of hydrogen-bond donors (Lipinski definition) is 0. The molecule has 188 valence electrons. The van der Waals surface area contributed by atoms with Crippen molar-refractivity contribution in [2.75, 3.05) is 0 Å². The summed E-state index contributed by atoms with van der Waals surface area (Å²) in [6.45, 7) is 0.809. The minimum atomic E-state index is 0.809. The van der Waals surface area contributed by atoms with Crippen LogP contribution in [0.4, 0.5) is 0 Å². The lowest BCUT2D eigenvalue weighted by Gasteiger charge is -2.12. The molecule has 0 aliphatic rings. The van der Waals surface area contributed by atoms with Crippen molar-refractivity contribution in [3.8, 4) is 0 Å². The zero-order valence-corrected chi connectivity index (χ0v) is 22.2. The lowest BCUT2D eigenvalue weighted by molar-refractivity contribution is 0.874. The average Bonchev–Trinajstić information content (AvgIpc) is 3.47. The topological polar surface area (TPSA) is 9.86 Å². The van der Waals surface area contributed by atoms with Crippen molar-refractivity contribution >= 4 is 75.9 Å². The van der Waals surface area contributed by atoms with E-state index in [1.807, 2.05) is 0 Å². The van der Waals surface area contributed by atoms with Crippen LogP contribution in [0.15, 0.2) is 127 Å². The van der Waals surface area contributed by atoms with Gasteiger partial charge in [-0.25, -0.2) is 0 Å². The number of para-hydroxylation sites is 1. The van der Waals surface area contributed by atoms with Crippen molar-refractivity contribution in [2.24, 2.45) is 7.05 Å². The zero-order chi connectivity index (χ0) is 26.4. The van der Waals surface area contributed by atoms with E-state index >= 15 is 0 Å². The third-order valence-electron chi connectivity index (χ3n) is 8.92. The van der Waals surface area contributed by atoms with Crippen LogP contribution in [0.3, 0.4) is 0 Å². The highest BCUT2D eigenvalue weighted by atomic mass is 15.0. The highest BCUT2D eigenvalue weighted by Crippen LogP contribution is 2.38. The van der Waals surface area contributed by atoms with Gasteiger partial charge in [0.25, 0.3) is 0 Å². The first-order valence-electron chi connectivity index (χ1n) is 14.0. The van der Waals surface area contributed by atoms with Crippen LogP contribution in [-0.4, -0.2) is 9.13 Å². The molecule has 0 aliphatic carbocycles. The predicted molar refractivity (Wildman–Crippen MR) is 171 cm³/mol. The molecule has 0 fully saturated rings. The Bertz CT molecular complexity index is 2470. The smallest absolute Gasteiger partial charge is 0.0574 e. The summed E-state index contributed by atoms with van der Waals surface area (Å²) in [5, 5.41) is 13.0. The van der Waals surface area contributed by atoms with E-state index < -0.39 is 0 Å². The van der Waals surface area contributed by atoms with Gasteiger partial charge in [0.1, 0.15) is 0 Å². The summed E-state index contributed by atoms with van der Waals surface area (Å²) >= 11 is 0. The summed E-state index contributed by atoms with van der Waals surface area (Å²) in [6, 6.07) is 47.1. The second-order valence-electron chi connectivity index (χ2n) is 11.1. The fourth-order valence-electron chi connectivity index (χ4n) is 7.02. The van der Waals surface area contributed by atoms with Crippen LogP contribution in [0.5, 0.6) is 0 Å². The monoisotopic (exact) mass is 510 g/mol. The van der Waals surface area contributed by atoms with Gasteiger partial charge in [-0.2, -0.15) is 0 Å². The molecule has 7 aromatic carbocycles. The molecule has 0 saturated carbocycles. The second kappa shape index (κ2) is 7.97. The molecule has 0 bridgehead atoms. The first kappa shape index (κ1) is 21.8. The lowest BCUT2D eigenvalue weighted by atomic mass is 10.0. The van der Waals surface area contributed by atoms with Gasteiger partial charge in [0.15, 0.2) is 0 Å². The van der Waals surface area contributed by atoms with Crippen molar-refractivity contribution < 1.29 is 0 Å². The fraction of sp³-hybridized carbons (Fsp3) is 0.0526. The Kier molecular flexibility index (Phi) is 4.34. The normalized spacial score (nSPS) is 12.2. The van der Waals surface area contributed by atoms with E-state index in [1.54, 1.807) is 0 Å². The molecule has 2 heteroatoms. The van der Waals surface area contributed by atoms with Gasteiger partial charge < -0.3 is 9.13 Å². The van der Waals surface area contributed by atoms with Crippen LogP contribution in [0.25, 0.3) is 75.9 Å². The van der Waals surface area contributed by atoms with Gasteiger partial charge in [-0.3, -0.25) is 0 Å². The summed E-state index contributed by atoms with van der Waals surface area (Å²) in [7, 11) is 2.17. The number of hydrogen-bond acceptors (Lipinski definition) is 0. The van der Waals surface area contributed by atoms with E-state index in [2.05, 4.69) is 144 Å². The Morgan fingerprint density at radius 2 is 1.12 bits per heavy atom. The Morgan fingerprint density at radius 3 is 2.00 bits per heavy atom. The van der Waals surface area contributed by atoms with Crippen molar-refractivity contribution in [1.82, 2.24) is 9.13 Å². The number of benzene rings is 7. The minimum absolute atomic E-state index is 0.809. The van der Waals surface area contributed by atoms with Crippen LogP contribution >= 0.6 is 0 Å². The summed E-state index contributed by atoms with van der Waals surface area (Å²) < 4.78 is 4.87. The molecule has 9 aromatic rings. The molecule has 9 rings (SSSR count). The van der Waals surface area contributed by atoms with Crippen molar-refractivity contribution in [1.29, 1.82) is 0 Å². The van der Waals surface area contributed by atoms with Crippen LogP contribution < -0.4 is 0 Å².